The highest BCUT2D eigenvalue weighted by Gasteiger charge is 2.11. The summed E-state index contributed by atoms with van der Waals surface area (Å²) in [6, 6.07) is 12.6. The van der Waals surface area contributed by atoms with Crippen LogP contribution in [0.5, 0.6) is 0 Å². The highest BCUT2D eigenvalue weighted by Crippen LogP contribution is 2.16. The first-order valence-corrected chi connectivity index (χ1v) is 6.29. The van der Waals surface area contributed by atoms with Gasteiger partial charge in [0, 0.05) is 6.07 Å². The van der Waals surface area contributed by atoms with Crippen LogP contribution in [0.15, 0.2) is 53.6 Å². The van der Waals surface area contributed by atoms with Crippen molar-refractivity contribution in [1.82, 2.24) is 5.43 Å². The van der Waals surface area contributed by atoms with Crippen LogP contribution in [0.1, 0.15) is 15.9 Å². The van der Waals surface area contributed by atoms with Gasteiger partial charge in [-0.15, -0.1) is 0 Å². The molecule has 6 nitrogen and oxygen atoms in total. The number of benzene rings is 2. The predicted molar refractivity (Wildman–Crippen MR) is 79.6 cm³/mol. The minimum atomic E-state index is -0.517. The molecule has 2 aromatic carbocycles. The van der Waals surface area contributed by atoms with Crippen molar-refractivity contribution >= 4 is 29.4 Å². The molecule has 0 aliphatic carbocycles. The van der Waals surface area contributed by atoms with Crippen molar-refractivity contribution in [1.29, 1.82) is 0 Å². The first kappa shape index (κ1) is 14.7. The lowest BCUT2D eigenvalue weighted by atomic mass is 10.2. The Morgan fingerprint density at radius 1 is 1.19 bits per heavy atom. The summed E-state index contributed by atoms with van der Waals surface area (Å²) >= 11 is 5.88. The van der Waals surface area contributed by atoms with Crippen LogP contribution in [0.4, 0.5) is 5.69 Å². The number of nitrogens with zero attached hydrogens (tertiary/aromatic N) is 2. The molecule has 0 unspecified atom stereocenters. The molecular weight excluding hydrogens is 294 g/mol. The zero-order valence-corrected chi connectivity index (χ0v) is 11.4. The number of nitro benzene ring substituents is 1. The summed E-state index contributed by atoms with van der Waals surface area (Å²) in [7, 11) is 0. The summed E-state index contributed by atoms with van der Waals surface area (Å²) in [4.78, 5) is 22.1. The number of hydrazone groups is 1. The molecule has 0 radical (unpaired) electrons. The van der Waals surface area contributed by atoms with E-state index in [4.69, 9.17) is 11.6 Å². The van der Waals surface area contributed by atoms with Crippen LogP contribution in [-0.2, 0) is 0 Å². The topological polar surface area (TPSA) is 84.6 Å². The van der Waals surface area contributed by atoms with Crippen LogP contribution in [0.25, 0.3) is 0 Å². The quantitative estimate of drug-likeness (QED) is 0.535. The lowest BCUT2D eigenvalue weighted by Crippen LogP contribution is -2.18. The maximum atomic E-state index is 11.8. The average Bonchev–Trinajstić information content (AvgIpc) is 2.48. The summed E-state index contributed by atoms with van der Waals surface area (Å²) in [5.74, 6) is -0.490. The van der Waals surface area contributed by atoms with E-state index < -0.39 is 10.8 Å². The van der Waals surface area contributed by atoms with Gasteiger partial charge in [-0.1, -0.05) is 35.9 Å². The monoisotopic (exact) mass is 303 g/mol. The first-order valence-electron chi connectivity index (χ1n) is 5.91. The van der Waals surface area contributed by atoms with Gasteiger partial charge in [0.05, 0.1) is 27.3 Å². The van der Waals surface area contributed by atoms with Crippen LogP contribution in [0.3, 0.4) is 0 Å². The minimum Gasteiger partial charge on any atom is -0.267 e. The van der Waals surface area contributed by atoms with E-state index in [0.29, 0.717) is 10.6 Å². The smallest absolute Gasteiger partial charge is 0.267 e. The van der Waals surface area contributed by atoms with Crippen LogP contribution in [-0.4, -0.2) is 17.0 Å². The number of carbonyl (C=O) groups is 1. The molecule has 0 aromatic heterocycles. The number of hydrogen-bond acceptors (Lipinski definition) is 4. The lowest BCUT2D eigenvalue weighted by molar-refractivity contribution is -0.385. The van der Waals surface area contributed by atoms with Gasteiger partial charge in [-0.3, -0.25) is 14.9 Å². The Morgan fingerprint density at radius 2 is 1.86 bits per heavy atom. The molecule has 7 heteroatoms. The van der Waals surface area contributed by atoms with Gasteiger partial charge in [0.2, 0.25) is 0 Å². The van der Waals surface area contributed by atoms with Crippen LogP contribution in [0, 0.1) is 10.1 Å². The minimum absolute atomic E-state index is 0.0896. The SMILES string of the molecule is O=C(N/N=C/c1ccccc1[N+](=O)[O-])c1ccccc1Cl. The summed E-state index contributed by atoms with van der Waals surface area (Å²) in [5.41, 5.74) is 2.76. The van der Waals surface area contributed by atoms with Gasteiger partial charge in [0.1, 0.15) is 0 Å². The Bertz CT molecular complexity index is 716. The fraction of sp³-hybridized carbons (Fsp3) is 0. The normalized spacial score (nSPS) is 10.5. The molecule has 0 spiro atoms. The zero-order chi connectivity index (χ0) is 15.2. The number of carbonyl (C=O) groups excluding carboxylic acids is 1. The van der Waals surface area contributed by atoms with Crippen molar-refractivity contribution in [3.63, 3.8) is 0 Å². The molecule has 2 aromatic rings. The van der Waals surface area contributed by atoms with Gasteiger partial charge in [-0.25, -0.2) is 5.43 Å². The third-order valence-electron chi connectivity index (χ3n) is 2.62. The van der Waals surface area contributed by atoms with E-state index in [1.54, 1.807) is 36.4 Å². The number of amides is 1. The zero-order valence-electron chi connectivity index (χ0n) is 10.7. The highest BCUT2D eigenvalue weighted by atomic mass is 35.5. The van der Waals surface area contributed by atoms with E-state index in [0.717, 1.165) is 0 Å². The number of hydrogen-bond donors (Lipinski definition) is 1. The first-order chi connectivity index (χ1) is 10.1. The molecule has 0 saturated heterocycles. The summed E-state index contributed by atoms with van der Waals surface area (Å²) < 4.78 is 0. The van der Waals surface area contributed by atoms with Gasteiger partial charge in [-0.05, 0) is 18.2 Å². The molecule has 1 N–H and O–H groups in total. The summed E-state index contributed by atoms with van der Waals surface area (Å²) in [6.07, 6.45) is 1.22. The number of rotatable bonds is 4. The molecule has 0 bridgehead atoms. The molecule has 0 aliphatic rings. The molecule has 1 amide bonds. The standard InChI is InChI=1S/C14H10ClN3O3/c15-12-7-3-2-6-11(12)14(19)17-16-9-10-5-1-4-8-13(10)18(20)21/h1-9H,(H,17,19)/b16-9+. The largest absolute Gasteiger partial charge is 0.278 e. The Labute approximate surface area is 125 Å². The van der Waals surface area contributed by atoms with E-state index in [1.807, 2.05) is 0 Å². The van der Waals surface area contributed by atoms with Crippen molar-refractivity contribution in [2.24, 2.45) is 5.10 Å². The van der Waals surface area contributed by atoms with Crippen LogP contribution >= 0.6 is 11.6 Å². The summed E-state index contributed by atoms with van der Waals surface area (Å²) in [5, 5.41) is 14.8. The lowest BCUT2D eigenvalue weighted by Gasteiger charge is -2.01. The Morgan fingerprint density at radius 3 is 2.57 bits per heavy atom. The van der Waals surface area contributed by atoms with Gasteiger partial charge in [0.25, 0.3) is 11.6 Å². The van der Waals surface area contributed by atoms with Crippen LogP contribution in [0.2, 0.25) is 5.02 Å². The Hall–Kier alpha value is -2.73. The van der Waals surface area contributed by atoms with Crippen LogP contribution < -0.4 is 5.43 Å². The molecule has 21 heavy (non-hydrogen) atoms. The third-order valence-corrected chi connectivity index (χ3v) is 2.95. The highest BCUT2D eigenvalue weighted by molar-refractivity contribution is 6.33. The van der Waals surface area contributed by atoms with E-state index in [1.165, 1.54) is 18.3 Å². The number of nitrogens with one attached hydrogen (secondary N) is 1. The fourth-order valence-corrected chi connectivity index (χ4v) is 1.85. The Balaban J connectivity index is 2.12. The van der Waals surface area contributed by atoms with Crippen molar-refractivity contribution in [3.05, 3.63) is 74.8 Å². The van der Waals surface area contributed by atoms with E-state index in [9.17, 15) is 14.9 Å². The predicted octanol–water partition coefficient (Wildman–Crippen LogP) is 3.01. The third kappa shape index (κ3) is 3.64. The van der Waals surface area contributed by atoms with Crippen molar-refractivity contribution in [3.8, 4) is 0 Å². The Kier molecular flexibility index (Phi) is 4.63. The van der Waals surface area contributed by atoms with Gasteiger partial charge >= 0.3 is 0 Å². The second kappa shape index (κ2) is 6.62. The number of nitro groups is 1. The van der Waals surface area contributed by atoms with Crippen molar-refractivity contribution < 1.29 is 9.72 Å². The maximum absolute atomic E-state index is 11.8. The van der Waals surface area contributed by atoms with E-state index in [2.05, 4.69) is 10.5 Å². The second-order valence-electron chi connectivity index (χ2n) is 3.99. The van der Waals surface area contributed by atoms with Gasteiger partial charge in [0.15, 0.2) is 0 Å². The second-order valence-corrected chi connectivity index (χ2v) is 4.40. The molecule has 0 atom stereocenters. The molecule has 0 aliphatic heterocycles. The number of halogens is 1. The van der Waals surface area contributed by atoms with Crippen molar-refractivity contribution in [2.45, 2.75) is 0 Å². The fourth-order valence-electron chi connectivity index (χ4n) is 1.63. The maximum Gasteiger partial charge on any atom is 0.278 e. The molecule has 106 valence electrons. The van der Waals surface area contributed by atoms with Crippen molar-refractivity contribution in [2.75, 3.05) is 0 Å². The molecule has 0 saturated carbocycles. The van der Waals surface area contributed by atoms with E-state index in [-0.39, 0.29) is 11.3 Å². The van der Waals surface area contributed by atoms with Gasteiger partial charge < -0.3 is 0 Å². The molecular formula is C14H10ClN3O3. The summed E-state index contributed by atoms with van der Waals surface area (Å²) in [6.45, 7) is 0. The molecule has 0 fully saturated rings. The van der Waals surface area contributed by atoms with Gasteiger partial charge in [-0.2, -0.15) is 5.10 Å². The molecule has 0 heterocycles. The van der Waals surface area contributed by atoms with E-state index >= 15 is 0 Å². The number of para-hydroxylation sites is 1. The average molecular weight is 304 g/mol. The molecule has 2 rings (SSSR count).